The van der Waals surface area contributed by atoms with Gasteiger partial charge in [0.25, 0.3) is 0 Å². The van der Waals surface area contributed by atoms with Crippen molar-refractivity contribution < 1.29 is 14.3 Å². The topological polar surface area (TPSA) is 80.4 Å². The van der Waals surface area contributed by atoms with E-state index < -0.39 is 5.69 Å². The van der Waals surface area contributed by atoms with Crippen LogP contribution in [0.5, 0.6) is 11.6 Å². The molecule has 0 bridgehead atoms. The van der Waals surface area contributed by atoms with Gasteiger partial charge in [0.1, 0.15) is 12.4 Å². The van der Waals surface area contributed by atoms with E-state index in [9.17, 15) is 9.90 Å². The first-order valence-electron chi connectivity index (χ1n) is 8.22. The summed E-state index contributed by atoms with van der Waals surface area (Å²) in [6.45, 7) is 0.513. The van der Waals surface area contributed by atoms with E-state index in [0.29, 0.717) is 12.5 Å². The summed E-state index contributed by atoms with van der Waals surface area (Å²) >= 11 is 1.45. The van der Waals surface area contributed by atoms with Crippen LogP contribution in [0.1, 0.15) is 5.56 Å². The zero-order valence-corrected chi connectivity index (χ0v) is 15.0. The lowest BCUT2D eigenvalue weighted by Gasteiger charge is -2.07. The highest BCUT2D eigenvalue weighted by Crippen LogP contribution is 2.34. The Balaban J connectivity index is 1.46. The van der Waals surface area contributed by atoms with E-state index in [0.717, 1.165) is 21.1 Å². The van der Waals surface area contributed by atoms with Gasteiger partial charge in [0.05, 0.1) is 17.4 Å². The van der Waals surface area contributed by atoms with Crippen LogP contribution in [0.15, 0.2) is 92.1 Å². The molecule has 27 heavy (non-hydrogen) atoms. The number of aromatic amines is 1. The lowest BCUT2D eigenvalue weighted by molar-refractivity contribution is 0.306. The van der Waals surface area contributed by atoms with Crippen LogP contribution >= 0.6 is 11.8 Å². The first-order chi connectivity index (χ1) is 13.2. The third kappa shape index (κ3) is 3.93. The molecule has 0 saturated carbocycles. The van der Waals surface area contributed by atoms with E-state index in [1.165, 1.54) is 28.8 Å². The van der Waals surface area contributed by atoms with Crippen molar-refractivity contribution in [3.05, 3.63) is 89.2 Å². The summed E-state index contributed by atoms with van der Waals surface area (Å²) in [5.74, 6) is 0.917. The fourth-order valence-corrected chi connectivity index (χ4v) is 3.43. The summed E-state index contributed by atoms with van der Waals surface area (Å²) in [5, 5.41) is 9.44. The molecular weight excluding hydrogens is 364 g/mol. The quantitative estimate of drug-likeness (QED) is 0.524. The second-order valence-corrected chi connectivity index (χ2v) is 6.87. The SMILES string of the molecule is O=c1[nH]c(O)cn1-c1occc1Sc1ccc(OCc2ccccc2)cc1. The van der Waals surface area contributed by atoms with E-state index >= 15 is 0 Å². The van der Waals surface area contributed by atoms with Crippen molar-refractivity contribution in [3.63, 3.8) is 0 Å². The number of hydrogen-bond acceptors (Lipinski definition) is 5. The van der Waals surface area contributed by atoms with Crippen LogP contribution in [-0.2, 0) is 6.61 Å². The summed E-state index contributed by atoms with van der Waals surface area (Å²) < 4.78 is 12.4. The van der Waals surface area contributed by atoms with Crippen LogP contribution in [-0.4, -0.2) is 14.7 Å². The lowest BCUT2D eigenvalue weighted by atomic mass is 10.2. The molecular formula is C20H16N2O4S. The highest BCUT2D eigenvalue weighted by molar-refractivity contribution is 7.99. The van der Waals surface area contributed by atoms with E-state index in [2.05, 4.69) is 4.98 Å². The van der Waals surface area contributed by atoms with Crippen LogP contribution in [0.25, 0.3) is 5.88 Å². The van der Waals surface area contributed by atoms with E-state index in [1.54, 1.807) is 6.07 Å². The molecule has 2 heterocycles. The number of hydrogen-bond donors (Lipinski definition) is 2. The Hall–Kier alpha value is -3.32. The van der Waals surface area contributed by atoms with Gasteiger partial charge in [-0.05, 0) is 35.9 Å². The van der Waals surface area contributed by atoms with Crippen molar-refractivity contribution in [2.24, 2.45) is 0 Å². The van der Waals surface area contributed by atoms with Crippen LogP contribution in [0.2, 0.25) is 0 Å². The number of H-pyrrole nitrogens is 1. The third-order valence-electron chi connectivity index (χ3n) is 3.83. The number of ether oxygens (including phenoxy) is 1. The Kier molecular flexibility index (Phi) is 4.76. The number of benzene rings is 2. The monoisotopic (exact) mass is 380 g/mol. The number of rotatable bonds is 6. The molecule has 0 fully saturated rings. The molecule has 0 radical (unpaired) electrons. The predicted octanol–water partition coefficient (Wildman–Crippen LogP) is 4.19. The maximum Gasteiger partial charge on any atom is 0.335 e. The number of nitrogens with zero attached hydrogens (tertiary/aromatic N) is 1. The summed E-state index contributed by atoms with van der Waals surface area (Å²) in [4.78, 5) is 15.9. The molecule has 2 N–H and O–H groups in total. The molecule has 0 atom stereocenters. The number of nitrogens with one attached hydrogen (secondary N) is 1. The molecule has 136 valence electrons. The van der Waals surface area contributed by atoms with Crippen molar-refractivity contribution >= 4 is 11.8 Å². The molecule has 0 spiro atoms. The Morgan fingerprint density at radius 1 is 1.07 bits per heavy atom. The van der Waals surface area contributed by atoms with Gasteiger partial charge in [0.2, 0.25) is 11.8 Å². The molecule has 0 saturated heterocycles. The van der Waals surface area contributed by atoms with Gasteiger partial charge in [0, 0.05) is 4.90 Å². The van der Waals surface area contributed by atoms with Gasteiger partial charge in [-0.2, -0.15) is 0 Å². The van der Waals surface area contributed by atoms with Gasteiger partial charge in [-0.25, -0.2) is 9.36 Å². The van der Waals surface area contributed by atoms with Gasteiger partial charge in [0.15, 0.2) is 0 Å². The van der Waals surface area contributed by atoms with Gasteiger partial charge in [-0.1, -0.05) is 42.1 Å². The van der Waals surface area contributed by atoms with Crippen LogP contribution in [0.4, 0.5) is 0 Å². The Bertz CT molecular complexity index is 1080. The molecule has 0 unspecified atom stereocenters. The first kappa shape index (κ1) is 17.1. The molecule has 4 rings (SSSR count). The number of aromatic nitrogens is 2. The maximum atomic E-state index is 11.8. The second kappa shape index (κ2) is 7.51. The van der Waals surface area contributed by atoms with Gasteiger partial charge in [-0.15, -0.1) is 0 Å². The molecule has 6 nitrogen and oxygen atoms in total. The first-order valence-corrected chi connectivity index (χ1v) is 9.04. The molecule has 7 heteroatoms. The molecule has 0 amide bonds. The Labute approximate surface area is 159 Å². The minimum absolute atomic E-state index is 0.215. The minimum Gasteiger partial charge on any atom is -0.493 e. The number of aromatic hydroxyl groups is 1. The van der Waals surface area contributed by atoms with Crippen molar-refractivity contribution in [1.29, 1.82) is 0 Å². The molecule has 0 aliphatic carbocycles. The number of imidazole rings is 1. The largest absolute Gasteiger partial charge is 0.493 e. The van der Waals surface area contributed by atoms with E-state index in [-0.39, 0.29) is 5.88 Å². The Morgan fingerprint density at radius 2 is 1.85 bits per heavy atom. The van der Waals surface area contributed by atoms with Gasteiger partial charge >= 0.3 is 5.69 Å². The summed E-state index contributed by atoms with van der Waals surface area (Å²) in [7, 11) is 0. The zero-order chi connectivity index (χ0) is 18.6. The van der Waals surface area contributed by atoms with Crippen molar-refractivity contribution in [2.75, 3.05) is 0 Å². The van der Waals surface area contributed by atoms with Gasteiger partial charge in [-0.3, -0.25) is 4.98 Å². The Morgan fingerprint density at radius 3 is 2.56 bits per heavy atom. The summed E-state index contributed by atoms with van der Waals surface area (Å²) in [5.41, 5.74) is 0.646. The van der Waals surface area contributed by atoms with Crippen molar-refractivity contribution in [3.8, 4) is 17.5 Å². The van der Waals surface area contributed by atoms with Crippen LogP contribution in [0.3, 0.4) is 0 Å². The minimum atomic E-state index is -0.464. The molecule has 0 aliphatic rings. The average molecular weight is 380 g/mol. The van der Waals surface area contributed by atoms with Gasteiger partial charge < -0.3 is 14.3 Å². The third-order valence-corrected chi connectivity index (χ3v) is 4.87. The molecule has 4 aromatic rings. The highest BCUT2D eigenvalue weighted by Gasteiger charge is 2.14. The van der Waals surface area contributed by atoms with Crippen molar-refractivity contribution in [1.82, 2.24) is 9.55 Å². The normalized spacial score (nSPS) is 10.8. The second-order valence-electron chi connectivity index (χ2n) is 5.75. The maximum absolute atomic E-state index is 11.8. The number of furan rings is 1. The fourth-order valence-electron chi connectivity index (χ4n) is 2.55. The average Bonchev–Trinajstić information content (AvgIpc) is 3.27. The summed E-state index contributed by atoms with van der Waals surface area (Å²) in [6, 6.07) is 19.4. The van der Waals surface area contributed by atoms with E-state index in [4.69, 9.17) is 9.15 Å². The van der Waals surface area contributed by atoms with E-state index in [1.807, 2.05) is 54.6 Å². The van der Waals surface area contributed by atoms with Crippen molar-refractivity contribution in [2.45, 2.75) is 16.4 Å². The molecule has 2 aromatic carbocycles. The lowest BCUT2D eigenvalue weighted by Crippen LogP contribution is -2.13. The molecule has 2 aromatic heterocycles. The summed E-state index contributed by atoms with van der Waals surface area (Å²) in [6.07, 6.45) is 2.79. The highest BCUT2D eigenvalue weighted by atomic mass is 32.2. The smallest absolute Gasteiger partial charge is 0.335 e. The van der Waals surface area contributed by atoms with Crippen LogP contribution in [0, 0.1) is 0 Å². The molecule has 0 aliphatic heterocycles. The standard InChI is InChI=1S/C20H16N2O4S/c23-18-12-22(20(24)21-18)19-17(10-11-25-19)27-16-8-6-15(7-9-16)26-13-14-4-2-1-3-5-14/h1-12,23H,13H2,(H,21,24). The van der Waals surface area contributed by atoms with Crippen LogP contribution < -0.4 is 10.4 Å². The zero-order valence-electron chi connectivity index (χ0n) is 14.2. The fraction of sp³-hybridized carbons (Fsp3) is 0.0500. The predicted molar refractivity (Wildman–Crippen MR) is 102 cm³/mol.